The fourth-order valence-electron chi connectivity index (χ4n) is 3.06. The Kier molecular flexibility index (Phi) is 5.48. The van der Waals surface area contributed by atoms with Crippen LogP contribution in [0.2, 0.25) is 5.02 Å². The van der Waals surface area contributed by atoms with E-state index in [1.54, 1.807) is 18.2 Å². The number of nitrogens with one attached hydrogen (secondary N) is 1. The van der Waals surface area contributed by atoms with Crippen LogP contribution in [-0.2, 0) is 11.3 Å². The Morgan fingerprint density at radius 3 is 2.71 bits per heavy atom. The average molecular weight is 347 g/mol. The highest BCUT2D eigenvalue weighted by atomic mass is 35.5. The van der Waals surface area contributed by atoms with E-state index in [1.807, 2.05) is 24.3 Å². The highest BCUT2D eigenvalue weighted by Gasteiger charge is 2.26. The second-order valence-corrected chi connectivity index (χ2v) is 6.61. The van der Waals surface area contributed by atoms with Gasteiger partial charge in [0.15, 0.2) is 0 Å². The fourth-order valence-corrected chi connectivity index (χ4v) is 3.18. The molecule has 1 fully saturated rings. The van der Waals surface area contributed by atoms with Gasteiger partial charge in [0.1, 0.15) is 5.82 Å². The van der Waals surface area contributed by atoms with E-state index in [4.69, 9.17) is 11.6 Å². The maximum Gasteiger partial charge on any atom is 0.228 e. The van der Waals surface area contributed by atoms with Crippen LogP contribution < -0.4 is 5.32 Å². The number of halogens is 2. The maximum absolute atomic E-state index is 13.7. The van der Waals surface area contributed by atoms with Gasteiger partial charge in [-0.05, 0) is 49.2 Å². The number of carbonyl (C=O) groups excluding carboxylic acids is 1. The van der Waals surface area contributed by atoms with Gasteiger partial charge < -0.3 is 5.32 Å². The zero-order valence-electron chi connectivity index (χ0n) is 13.3. The molecule has 126 valence electrons. The summed E-state index contributed by atoms with van der Waals surface area (Å²) >= 11 is 5.91. The summed E-state index contributed by atoms with van der Waals surface area (Å²) in [5.41, 5.74) is 1.42. The van der Waals surface area contributed by atoms with Crippen molar-refractivity contribution in [1.29, 1.82) is 0 Å². The van der Waals surface area contributed by atoms with Gasteiger partial charge >= 0.3 is 0 Å². The Hall–Kier alpha value is -1.91. The molecule has 1 aliphatic heterocycles. The molecule has 0 aromatic heterocycles. The van der Waals surface area contributed by atoms with Gasteiger partial charge in [0.25, 0.3) is 0 Å². The number of para-hydroxylation sites is 1. The highest BCUT2D eigenvalue weighted by molar-refractivity contribution is 6.30. The molecule has 1 amide bonds. The minimum atomic E-state index is -0.403. The summed E-state index contributed by atoms with van der Waals surface area (Å²) in [7, 11) is 0. The van der Waals surface area contributed by atoms with Gasteiger partial charge in [0.05, 0.1) is 11.6 Å². The first kappa shape index (κ1) is 16.9. The maximum atomic E-state index is 13.7. The fraction of sp³-hybridized carbons (Fsp3) is 0.316. The first-order valence-electron chi connectivity index (χ1n) is 8.14. The molecule has 1 atom stereocenters. The Bertz CT molecular complexity index is 705. The predicted octanol–water partition coefficient (Wildman–Crippen LogP) is 4.33. The van der Waals surface area contributed by atoms with E-state index in [9.17, 15) is 9.18 Å². The van der Waals surface area contributed by atoms with Crippen LogP contribution in [0.1, 0.15) is 18.4 Å². The quantitative estimate of drug-likeness (QED) is 0.893. The standard InChI is InChI=1S/C19H20ClFN2O/c20-16-9-7-14(8-10-16)12-23-11-3-4-15(13-23)19(24)22-18-6-2-1-5-17(18)21/h1-2,5-10,15H,3-4,11-13H2,(H,22,24). The summed E-state index contributed by atoms with van der Waals surface area (Å²) in [4.78, 5) is 14.7. The number of carbonyl (C=O) groups is 1. The van der Waals surface area contributed by atoms with Crippen LogP contribution in [0.5, 0.6) is 0 Å². The van der Waals surface area contributed by atoms with E-state index < -0.39 is 5.82 Å². The van der Waals surface area contributed by atoms with Gasteiger partial charge in [-0.25, -0.2) is 4.39 Å². The zero-order valence-corrected chi connectivity index (χ0v) is 14.1. The third kappa shape index (κ3) is 4.34. The molecule has 0 spiro atoms. The van der Waals surface area contributed by atoms with Crippen molar-refractivity contribution in [3.05, 3.63) is 64.9 Å². The lowest BCUT2D eigenvalue weighted by atomic mass is 9.96. The number of likely N-dealkylation sites (tertiary alicyclic amines) is 1. The van der Waals surface area contributed by atoms with E-state index in [2.05, 4.69) is 10.2 Å². The van der Waals surface area contributed by atoms with Crippen molar-refractivity contribution in [2.24, 2.45) is 5.92 Å². The molecule has 0 aliphatic carbocycles. The summed E-state index contributed by atoms with van der Waals surface area (Å²) in [5.74, 6) is -0.633. The summed E-state index contributed by atoms with van der Waals surface area (Å²) in [6.45, 7) is 2.44. The first-order chi connectivity index (χ1) is 11.6. The lowest BCUT2D eigenvalue weighted by Gasteiger charge is -2.32. The van der Waals surface area contributed by atoms with Crippen molar-refractivity contribution in [2.75, 3.05) is 18.4 Å². The van der Waals surface area contributed by atoms with Crippen molar-refractivity contribution in [1.82, 2.24) is 4.90 Å². The molecule has 2 aromatic rings. The number of rotatable bonds is 4. The van der Waals surface area contributed by atoms with E-state index in [0.29, 0.717) is 6.54 Å². The molecular formula is C19H20ClFN2O. The molecule has 1 unspecified atom stereocenters. The normalized spacial score (nSPS) is 18.3. The molecule has 0 radical (unpaired) electrons. The largest absolute Gasteiger partial charge is 0.323 e. The number of benzene rings is 2. The van der Waals surface area contributed by atoms with Crippen LogP contribution in [0.25, 0.3) is 0 Å². The molecular weight excluding hydrogens is 327 g/mol. The molecule has 3 nitrogen and oxygen atoms in total. The lowest BCUT2D eigenvalue weighted by Crippen LogP contribution is -2.40. The number of amides is 1. The van der Waals surface area contributed by atoms with Crippen LogP contribution >= 0.6 is 11.6 Å². The topological polar surface area (TPSA) is 32.3 Å². The Labute approximate surface area is 146 Å². The SMILES string of the molecule is O=C(Nc1ccccc1F)C1CCCN(Cc2ccc(Cl)cc2)C1. The van der Waals surface area contributed by atoms with E-state index >= 15 is 0 Å². The third-order valence-corrected chi connectivity index (χ3v) is 4.58. The number of anilines is 1. The van der Waals surface area contributed by atoms with Crippen LogP contribution in [0.15, 0.2) is 48.5 Å². The summed E-state index contributed by atoms with van der Waals surface area (Å²) in [5, 5.41) is 3.44. The molecule has 3 rings (SSSR count). The Balaban J connectivity index is 1.59. The van der Waals surface area contributed by atoms with Gasteiger partial charge in [0.2, 0.25) is 5.91 Å². The van der Waals surface area contributed by atoms with Crippen molar-refractivity contribution in [3.8, 4) is 0 Å². The molecule has 1 N–H and O–H groups in total. The summed E-state index contributed by atoms with van der Waals surface area (Å²) in [6.07, 6.45) is 1.79. The average Bonchev–Trinajstić information content (AvgIpc) is 2.59. The molecule has 0 bridgehead atoms. The van der Waals surface area contributed by atoms with Crippen LogP contribution in [-0.4, -0.2) is 23.9 Å². The summed E-state index contributed by atoms with van der Waals surface area (Å²) in [6, 6.07) is 14.0. The molecule has 2 aromatic carbocycles. The van der Waals surface area contributed by atoms with Crippen LogP contribution in [0.4, 0.5) is 10.1 Å². The number of hydrogen-bond donors (Lipinski definition) is 1. The third-order valence-electron chi connectivity index (χ3n) is 4.33. The summed E-state index contributed by atoms with van der Waals surface area (Å²) < 4.78 is 13.7. The molecule has 24 heavy (non-hydrogen) atoms. The molecule has 5 heteroatoms. The van der Waals surface area contributed by atoms with E-state index in [1.165, 1.54) is 11.6 Å². The minimum absolute atomic E-state index is 0.110. The molecule has 0 saturated carbocycles. The second-order valence-electron chi connectivity index (χ2n) is 6.17. The number of hydrogen-bond acceptors (Lipinski definition) is 2. The van der Waals surface area contributed by atoms with Crippen molar-refractivity contribution in [3.63, 3.8) is 0 Å². The van der Waals surface area contributed by atoms with Crippen molar-refractivity contribution >= 4 is 23.2 Å². The Morgan fingerprint density at radius 2 is 1.96 bits per heavy atom. The first-order valence-corrected chi connectivity index (χ1v) is 8.52. The Morgan fingerprint density at radius 1 is 1.21 bits per heavy atom. The number of piperidine rings is 1. The van der Waals surface area contributed by atoms with Crippen LogP contribution in [0, 0.1) is 11.7 Å². The van der Waals surface area contributed by atoms with Crippen molar-refractivity contribution < 1.29 is 9.18 Å². The monoisotopic (exact) mass is 346 g/mol. The molecule has 1 heterocycles. The van der Waals surface area contributed by atoms with Gasteiger partial charge in [-0.3, -0.25) is 9.69 Å². The van der Waals surface area contributed by atoms with Gasteiger partial charge in [-0.15, -0.1) is 0 Å². The van der Waals surface area contributed by atoms with E-state index in [-0.39, 0.29) is 17.5 Å². The van der Waals surface area contributed by atoms with Gasteiger partial charge in [-0.1, -0.05) is 35.9 Å². The highest BCUT2D eigenvalue weighted by Crippen LogP contribution is 2.22. The van der Waals surface area contributed by atoms with Gasteiger partial charge in [-0.2, -0.15) is 0 Å². The predicted molar refractivity (Wildman–Crippen MR) is 94.5 cm³/mol. The zero-order chi connectivity index (χ0) is 16.9. The molecule has 1 saturated heterocycles. The lowest BCUT2D eigenvalue weighted by molar-refractivity contribution is -0.121. The van der Waals surface area contributed by atoms with Gasteiger partial charge in [0, 0.05) is 18.1 Å². The smallest absolute Gasteiger partial charge is 0.228 e. The molecule has 1 aliphatic rings. The second kappa shape index (κ2) is 7.77. The minimum Gasteiger partial charge on any atom is -0.323 e. The number of nitrogens with zero attached hydrogens (tertiary/aromatic N) is 1. The van der Waals surface area contributed by atoms with E-state index in [0.717, 1.165) is 31.0 Å². The van der Waals surface area contributed by atoms with Crippen molar-refractivity contribution in [2.45, 2.75) is 19.4 Å². The van der Waals surface area contributed by atoms with Crippen LogP contribution in [0.3, 0.4) is 0 Å².